The van der Waals surface area contributed by atoms with Gasteiger partial charge >= 0.3 is 12.1 Å². The summed E-state index contributed by atoms with van der Waals surface area (Å²) >= 11 is 0. The van der Waals surface area contributed by atoms with Crippen LogP contribution in [0.15, 0.2) is 97.1 Å². The molecule has 5 aliphatic heterocycles. The van der Waals surface area contributed by atoms with Crippen molar-refractivity contribution in [3.8, 4) is 0 Å². The highest BCUT2D eigenvalue weighted by Crippen LogP contribution is 2.38. The Morgan fingerprint density at radius 3 is 1.45 bits per heavy atom. The Morgan fingerprint density at radius 2 is 1.07 bits per heavy atom. The summed E-state index contributed by atoms with van der Waals surface area (Å²) in [7, 11) is 0. The standard InChI is InChI=1S/C22H25FN2O.C21H24FN3O.C6H13N.ClH/c1-2-16-11-13-24(15-16)22(26)25-14-12-17-5-3-4-6-20(17)21(25)18-7-9-19(23)10-8-18;22-18-7-5-17(6-8-18)20-19-4-2-1-3-16(19)10-12-25(20)21(26)24-11-9-15(13-23)14-24;1-2-6-3-4-7-5-6;/h3-10,16,21H,2,11-15H2,1H3;1-8,15,20H,9-14,23H2;6-7H,2-5H2,1H3;1H/t16-,21+;15-,20-;6-;/m101./s1. The molecule has 4 aromatic carbocycles. The van der Waals surface area contributed by atoms with Gasteiger partial charge in [0.05, 0.1) is 12.1 Å². The third kappa shape index (κ3) is 10.5. The predicted octanol–water partition coefficient (Wildman–Crippen LogP) is 9.23. The second-order valence-electron chi connectivity index (χ2n) is 16.9. The Hall–Kier alpha value is -4.51. The molecule has 0 aromatic heterocycles. The zero-order chi connectivity index (χ0) is 41.3. The van der Waals surface area contributed by atoms with Crippen molar-refractivity contribution in [1.82, 2.24) is 24.9 Å². The number of nitrogens with one attached hydrogen (secondary N) is 1. The molecular weight excluding hydrogens is 778 g/mol. The highest BCUT2D eigenvalue weighted by atomic mass is 35.5. The number of carbonyl (C=O) groups excluding carboxylic acids is 2. The summed E-state index contributed by atoms with van der Waals surface area (Å²) in [6, 6.07) is 29.5. The van der Waals surface area contributed by atoms with Gasteiger partial charge in [0.15, 0.2) is 0 Å². The number of urea groups is 2. The van der Waals surface area contributed by atoms with E-state index >= 15 is 0 Å². The highest BCUT2D eigenvalue weighted by Gasteiger charge is 2.38. The van der Waals surface area contributed by atoms with Crippen LogP contribution in [0, 0.1) is 29.4 Å². The van der Waals surface area contributed by atoms with Crippen LogP contribution in [0.2, 0.25) is 0 Å². The summed E-state index contributed by atoms with van der Waals surface area (Å²) < 4.78 is 26.9. The molecule has 0 radical (unpaired) electrons. The van der Waals surface area contributed by atoms with Gasteiger partial charge in [0.25, 0.3) is 0 Å². The molecule has 8 nitrogen and oxygen atoms in total. The smallest absolute Gasteiger partial charge is 0.320 e. The highest BCUT2D eigenvalue weighted by molar-refractivity contribution is 5.85. The maximum Gasteiger partial charge on any atom is 0.320 e. The lowest BCUT2D eigenvalue weighted by atomic mass is 9.88. The van der Waals surface area contributed by atoms with Gasteiger partial charge in [-0.05, 0) is 127 Å². The number of nitrogens with zero attached hydrogens (tertiary/aromatic N) is 4. The minimum absolute atomic E-state index is 0. The van der Waals surface area contributed by atoms with Crippen molar-refractivity contribution in [2.45, 2.75) is 70.9 Å². The summed E-state index contributed by atoms with van der Waals surface area (Å²) in [5.41, 5.74) is 12.5. The maximum absolute atomic E-state index is 13.4. The molecule has 0 unspecified atom stereocenters. The number of fused-ring (bicyclic) bond motifs is 2. The number of carbonyl (C=O) groups is 2. The van der Waals surface area contributed by atoms with Gasteiger partial charge in [-0.25, -0.2) is 18.4 Å². The summed E-state index contributed by atoms with van der Waals surface area (Å²) in [5, 5.41) is 3.32. The Bertz CT molecular complexity index is 1860. The number of hydrogen-bond acceptors (Lipinski definition) is 4. The summed E-state index contributed by atoms with van der Waals surface area (Å²) in [5.74, 6) is 1.47. The topological polar surface area (TPSA) is 85.1 Å². The van der Waals surface area contributed by atoms with Crippen LogP contribution in [-0.4, -0.2) is 90.6 Å². The number of benzene rings is 4. The molecule has 0 spiro atoms. The third-order valence-corrected chi connectivity index (χ3v) is 13.2. The van der Waals surface area contributed by atoms with Gasteiger partial charge in [0.2, 0.25) is 0 Å². The number of amides is 4. The van der Waals surface area contributed by atoms with Gasteiger partial charge in [0.1, 0.15) is 11.6 Å². The summed E-state index contributed by atoms with van der Waals surface area (Å²) in [6.07, 6.45) is 7.64. The number of halogens is 3. The molecule has 11 heteroatoms. The van der Waals surface area contributed by atoms with Gasteiger partial charge in [-0.3, -0.25) is 0 Å². The quantitative estimate of drug-likeness (QED) is 0.210. The van der Waals surface area contributed by atoms with Crippen molar-refractivity contribution in [2.24, 2.45) is 23.5 Å². The van der Waals surface area contributed by atoms with E-state index in [1.54, 1.807) is 24.3 Å². The van der Waals surface area contributed by atoms with Crippen molar-refractivity contribution in [3.63, 3.8) is 0 Å². The first-order valence-corrected chi connectivity index (χ1v) is 22.0. The van der Waals surface area contributed by atoms with Crippen LogP contribution in [0.3, 0.4) is 0 Å². The third-order valence-electron chi connectivity index (χ3n) is 13.2. The lowest BCUT2D eigenvalue weighted by molar-refractivity contribution is 0.144. The van der Waals surface area contributed by atoms with E-state index in [0.29, 0.717) is 31.5 Å². The first-order valence-electron chi connectivity index (χ1n) is 22.0. The Labute approximate surface area is 361 Å². The molecule has 5 aliphatic rings. The van der Waals surface area contributed by atoms with Gasteiger partial charge < -0.3 is 30.7 Å². The van der Waals surface area contributed by atoms with E-state index in [-0.39, 0.29) is 48.2 Å². The van der Waals surface area contributed by atoms with Crippen molar-refractivity contribution >= 4 is 24.5 Å². The zero-order valence-electron chi connectivity index (χ0n) is 35.3. The fourth-order valence-corrected chi connectivity index (χ4v) is 9.52. The minimum atomic E-state index is -0.263. The fraction of sp³-hybridized carbons (Fsp3) is 0.469. The van der Waals surface area contributed by atoms with Crippen LogP contribution in [0.5, 0.6) is 0 Å². The molecule has 3 N–H and O–H groups in total. The first-order chi connectivity index (χ1) is 28.8. The summed E-state index contributed by atoms with van der Waals surface area (Å²) in [4.78, 5) is 34.4. The van der Waals surface area contributed by atoms with E-state index in [4.69, 9.17) is 5.73 Å². The molecule has 4 aromatic rings. The van der Waals surface area contributed by atoms with E-state index in [0.717, 1.165) is 86.5 Å². The molecule has 5 heterocycles. The van der Waals surface area contributed by atoms with Crippen molar-refractivity contribution in [1.29, 1.82) is 0 Å². The number of likely N-dealkylation sites (tertiary alicyclic amines) is 2. The van der Waals surface area contributed by atoms with Gasteiger partial charge in [-0.2, -0.15) is 0 Å². The Balaban J connectivity index is 0.000000171. The van der Waals surface area contributed by atoms with Gasteiger partial charge in [-0.15, -0.1) is 12.4 Å². The van der Waals surface area contributed by atoms with Crippen molar-refractivity contribution in [3.05, 3.63) is 142 Å². The lowest BCUT2D eigenvalue weighted by Gasteiger charge is -2.39. The molecule has 4 amide bonds. The first kappa shape index (κ1) is 45.0. The van der Waals surface area contributed by atoms with Crippen LogP contribution in [0.4, 0.5) is 18.4 Å². The van der Waals surface area contributed by atoms with Crippen LogP contribution in [-0.2, 0) is 12.8 Å². The molecule has 3 saturated heterocycles. The number of hydrogen-bond donors (Lipinski definition) is 2. The van der Waals surface area contributed by atoms with E-state index in [1.807, 2.05) is 43.9 Å². The second kappa shape index (κ2) is 21.3. The zero-order valence-corrected chi connectivity index (χ0v) is 36.1. The predicted molar refractivity (Wildman–Crippen MR) is 238 cm³/mol. The van der Waals surface area contributed by atoms with E-state index in [1.165, 1.54) is 61.3 Å². The van der Waals surface area contributed by atoms with Gasteiger partial charge in [-0.1, -0.05) is 99.5 Å². The van der Waals surface area contributed by atoms with Crippen molar-refractivity contribution < 1.29 is 18.4 Å². The Kier molecular flexibility index (Phi) is 16.0. The molecule has 5 atom stereocenters. The molecule has 322 valence electrons. The Morgan fingerprint density at radius 1 is 0.617 bits per heavy atom. The van der Waals surface area contributed by atoms with E-state index in [2.05, 4.69) is 43.4 Å². The monoisotopic (exact) mass is 840 g/mol. The van der Waals surface area contributed by atoms with Crippen LogP contribution in [0.1, 0.15) is 91.4 Å². The molecule has 60 heavy (non-hydrogen) atoms. The molecule has 0 bridgehead atoms. The number of nitrogens with two attached hydrogens (primary N) is 1. The number of rotatable bonds is 5. The molecule has 9 rings (SSSR count). The average Bonchev–Trinajstić information content (AvgIpc) is 4.10. The maximum atomic E-state index is 13.4. The van der Waals surface area contributed by atoms with Crippen LogP contribution >= 0.6 is 12.4 Å². The fourth-order valence-electron chi connectivity index (χ4n) is 9.52. The van der Waals surface area contributed by atoms with E-state index in [9.17, 15) is 18.4 Å². The average molecular weight is 842 g/mol. The molecule has 0 aliphatic carbocycles. The molecular formula is C49H63ClF2N6O2. The lowest BCUT2D eigenvalue weighted by Crippen LogP contribution is -2.47. The normalized spacial score (nSPS) is 23.1. The largest absolute Gasteiger partial charge is 0.330 e. The SMILES string of the molecule is CC[C@@H]1CCN(C(=O)N2CCc3ccccc3[C@@H]2c2ccc(F)cc2)C1.CC[C@@H]1CCNC1.Cl.NC[C@@H]1CCN(C(=O)N2CCc3ccccc3[C@@H]2c2ccc(F)cc2)C1. The molecule has 0 saturated carbocycles. The summed E-state index contributed by atoms with van der Waals surface area (Å²) in [6.45, 7) is 12.1. The second-order valence-corrected chi connectivity index (χ2v) is 16.9. The molecule has 3 fully saturated rings. The van der Waals surface area contributed by atoms with Gasteiger partial charge in [0, 0.05) is 39.3 Å². The van der Waals surface area contributed by atoms with Crippen molar-refractivity contribution in [2.75, 3.05) is 58.9 Å². The van der Waals surface area contributed by atoms with E-state index < -0.39 is 0 Å². The van der Waals surface area contributed by atoms with Crippen LogP contribution < -0.4 is 11.1 Å². The minimum Gasteiger partial charge on any atom is -0.330 e. The van der Waals surface area contributed by atoms with Crippen LogP contribution in [0.25, 0.3) is 0 Å².